The van der Waals surface area contributed by atoms with Gasteiger partial charge in [-0.05, 0) is 31.9 Å². The van der Waals surface area contributed by atoms with Gasteiger partial charge in [0.1, 0.15) is 5.65 Å². The van der Waals surface area contributed by atoms with Gasteiger partial charge in [0.15, 0.2) is 0 Å². The van der Waals surface area contributed by atoms with Crippen LogP contribution in [0.4, 0.5) is 0 Å². The molecule has 0 bridgehead atoms. The molecule has 1 fully saturated rings. The zero-order chi connectivity index (χ0) is 17.1. The smallest absolute Gasteiger partial charge is 0.329 e. The summed E-state index contributed by atoms with van der Waals surface area (Å²) in [5.74, 6) is -0.259. The number of amides is 1. The first-order chi connectivity index (χ1) is 11.6. The van der Waals surface area contributed by atoms with Crippen molar-refractivity contribution >= 4 is 41.8 Å². The highest BCUT2D eigenvalue weighted by Crippen LogP contribution is 2.09. The molecule has 3 rings (SSSR count). The van der Waals surface area contributed by atoms with Crippen LogP contribution < -0.4 is 21.9 Å². The molecule has 26 heavy (non-hydrogen) atoms. The summed E-state index contributed by atoms with van der Waals surface area (Å²) in [6, 6.07) is 1.58. The predicted octanol–water partition coefficient (Wildman–Crippen LogP) is 0.820. The van der Waals surface area contributed by atoms with Crippen LogP contribution in [0.3, 0.4) is 0 Å². The average Bonchev–Trinajstić information content (AvgIpc) is 2.59. The summed E-state index contributed by atoms with van der Waals surface area (Å²) in [6.07, 6.45) is 4.10. The van der Waals surface area contributed by atoms with E-state index in [4.69, 9.17) is 0 Å². The van der Waals surface area contributed by atoms with Gasteiger partial charge in [-0.2, -0.15) is 0 Å². The van der Waals surface area contributed by atoms with Gasteiger partial charge >= 0.3 is 5.69 Å². The largest absolute Gasteiger partial charge is 0.348 e. The summed E-state index contributed by atoms with van der Waals surface area (Å²) in [4.78, 5) is 42.8. The van der Waals surface area contributed by atoms with E-state index >= 15 is 0 Å². The minimum absolute atomic E-state index is 0. The summed E-state index contributed by atoms with van der Waals surface area (Å²) >= 11 is 0. The third kappa shape index (κ3) is 4.63. The van der Waals surface area contributed by atoms with Crippen LogP contribution in [0.5, 0.6) is 0 Å². The average molecular weight is 404 g/mol. The number of H-pyrrole nitrogens is 1. The molecule has 1 aliphatic rings. The maximum Gasteiger partial charge on any atom is 0.329 e. The van der Waals surface area contributed by atoms with E-state index in [0.29, 0.717) is 17.8 Å². The Morgan fingerprint density at radius 2 is 2.15 bits per heavy atom. The zero-order valence-electron chi connectivity index (χ0n) is 14.4. The van der Waals surface area contributed by atoms with Crippen molar-refractivity contribution < 1.29 is 4.79 Å². The van der Waals surface area contributed by atoms with E-state index in [1.165, 1.54) is 16.8 Å². The second-order valence-electron chi connectivity index (χ2n) is 6.02. The summed E-state index contributed by atoms with van der Waals surface area (Å²) in [5, 5.41) is 6.43. The summed E-state index contributed by atoms with van der Waals surface area (Å²) in [6.45, 7) is 4.10. The third-order valence-corrected chi connectivity index (χ3v) is 4.17. The van der Waals surface area contributed by atoms with Crippen LogP contribution in [0.15, 0.2) is 21.9 Å². The van der Waals surface area contributed by atoms with Crippen LogP contribution in [0.25, 0.3) is 11.0 Å². The van der Waals surface area contributed by atoms with E-state index in [0.717, 1.165) is 32.4 Å². The minimum Gasteiger partial charge on any atom is -0.348 e. The SMILES string of the molecule is CCCn1c(=O)[nH]c(=O)c2cc(C(=O)N[C@H]3CCCNC3)cnc21.Cl.Cl. The highest BCUT2D eigenvalue weighted by atomic mass is 35.5. The molecule has 2 aromatic rings. The quantitative estimate of drug-likeness (QED) is 0.699. The van der Waals surface area contributed by atoms with E-state index in [-0.39, 0.29) is 42.1 Å². The number of aromatic nitrogens is 3. The molecule has 0 saturated carbocycles. The molecule has 0 radical (unpaired) electrons. The number of nitrogens with zero attached hydrogens (tertiary/aromatic N) is 2. The lowest BCUT2D eigenvalue weighted by Crippen LogP contribution is -2.45. The number of aromatic amines is 1. The van der Waals surface area contributed by atoms with E-state index in [2.05, 4.69) is 20.6 Å². The first-order valence-electron chi connectivity index (χ1n) is 8.24. The molecule has 1 saturated heterocycles. The minimum atomic E-state index is -0.524. The molecule has 3 N–H and O–H groups in total. The van der Waals surface area contributed by atoms with Crippen molar-refractivity contribution in [3.63, 3.8) is 0 Å². The van der Waals surface area contributed by atoms with Crippen molar-refractivity contribution in [2.75, 3.05) is 13.1 Å². The monoisotopic (exact) mass is 403 g/mol. The number of piperidine rings is 1. The van der Waals surface area contributed by atoms with Crippen LogP contribution >= 0.6 is 24.8 Å². The first-order valence-corrected chi connectivity index (χ1v) is 8.24. The van der Waals surface area contributed by atoms with Crippen LogP contribution in [0.1, 0.15) is 36.5 Å². The van der Waals surface area contributed by atoms with Crippen molar-refractivity contribution in [3.8, 4) is 0 Å². The second-order valence-corrected chi connectivity index (χ2v) is 6.02. The number of aryl methyl sites for hydroxylation is 1. The molecule has 3 heterocycles. The van der Waals surface area contributed by atoms with E-state index < -0.39 is 11.2 Å². The molecule has 1 amide bonds. The van der Waals surface area contributed by atoms with Gasteiger partial charge in [0.05, 0.1) is 10.9 Å². The lowest BCUT2D eigenvalue weighted by molar-refractivity contribution is 0.0930. The zero-order valence-corrected chi connectivity index (χ0v) is 16.0. The Hall–Kier alpha value is -1.90. The fourth-order valence-corrected chi connectivity index (χ4v) is 2.97. The van der Waals surface area contributed by atoms with Crippen LogP contribution in [-0.2, 0) is 6.54 Å². The maximum atomic E-state index is 12.4. The van der Waals surface area contributed by atoms with Crippen molar-refractivity contribution in [2.45, 2.75) is 38.8 Å². The van der Waals surface area contributed by atoms with Crippen LogP contribution in [0.2, 0.25) is 0 Å². The Morgan fingerprint density at radius 1 is 1.38 bits per heavy atom. The number of pyridine rings is 1. The first kappa shape index (κ1) is 22.1. The van der Waals surface area contributed by atoms with Crippen molar-refractivity contribution in [1.29, 1.82) is 0 Å². The molecule has 1 atom stereocenters. The summed E-state index contributed by atoms with van der Waals surface area (Å²) in [5.41, 5.74) is -0.377. The van der Waals surface area contributed by atoms with Crippen molar-refractivity contribution in [3.05, 3.63) is 38.7 Å². The molecule has 10 heteroatoms. The molecular formula is C16H23Cl2N5O3. The summed E-state index contributed by atoms with van der Waals surface area (Å²) < 4.78 is 1.42. The fraction of sp³-hybridized carbons (Fsp3) is 0.500. The Kier molecular flexibility index (Phi) is 8.26. The topological polar surface area (TPSA) is 109 Å². The Bertz CT molecular complexity index is 874. The molecule has 2 aromatic heterocycles. The number of rotatable bonds is 4. The lowest BCUT2D eigenvalue weighted by Gasteiger charge is -2.23. The maximum absolute atomic E-state index is 12.4. The van der Waals surface area contributed by atoms with Gasteiger partial charge < -0.3 is 10.6 Å². The second kappa shape index (κ2) is 9.70. The highest BCUT2D eigenvalue weighted by Gasteiger charge is 2.18. The molecule has 144 valence electrons. The van der Waals surface area contributed by atoms with Gasteiger partial charge in [-0.15, -0.1) is 24.8 Å². The summed E-state index contributed by atoms with van der Waals surface area (Å²) in [7, 11) is 0. The Balaban J connectivity index is 0.00000169. The van der Waals surface area contributed by atoms with Crippen molar-refractivity contribution in [2.24, 2.45) is 0 Å². The molecule has 1 aliphatic heterocycles. The number of hydrogen-bond acceptors (Lipinski definition) is 5. The van der Waals surface area contributed by atoms with E-state index in [1.807, 2.05) is 6.92 Å². The molecule has 8 nitrogen and oxygen atoms in total. The van der Waals surface area contributed by atoms with E-state index in [1.54, 1.807) is 0 Å². The van der Waals surface area contributed by atoms with Gasteiger partial charge in [-0.25, -0.2) is 9.78 Å². The van der Waals surface area contributed by atoms with Gasteiger partial charge in [0.2, 0.25) is 0 Å². The number of fused-ring (bicyclic) bond motifs is 1. The molecular weight excluding hydrogens is 381 g/mol. The lowest BCUT2D eigenvalue weighted by atomic mass is 10.1. The van der Waals surface area contributed by atoms with Crippen LogP contribution in [-0.4, -0.2) is 39.6 Å². The Morgan fingerprint density at radius 3 is 2.81 bits per heavy atom. The normalized spacial score (nSPS) is 16.4. The number of hydrogen-bond donors (Lipinski definition) is 3. The third-order valence-electron chi connectivity index (χ3n) is 4.17. The number of carbonyl (C=O) groups is 1. The van der Waals surface area contributed by atoms with Crippen LogP contribution in [0, 0.1) is 0 Å². The van der Waals surface area contributed by atoms with Gasteiger partial charge in [-0.3, -0.25) is 19.1 Å². The van der Waals surface area contributed by atoms with Crippen molar-refractivity contribution in [1.82, 2.24) is 25.2 Å². The Labute approximate surface area is 162 Å². The van der Waals surface area contributed by atoms with Gasteiger partial charge in [0, 0.05) is 25.3 Å². The molecule has 0 spiro atoms. The predicted molar refractivity (Wildman–Crippen MR) is 105 cm³/mol. The number of carbonyl (C=O) groups excluding carboxylic acids is 1. The molecule has 0 aromatic carbocycles. The standard InChI is InChI=1S/C16H21N5O3.2ClH/c1-2-6-21-13-12(15(23)20-16(21)24)7-10(8-18-13)14(22)19-11-4-3-5-17-9-11;;/h7-8,11,17H,2-6,9H2,1H3,(H,19,22)(H,20,23,24);2*1H/t11-;;/m0../s1. The molecule has 0 aliphatic carbocycles. The van der Waals surface area contributed by atoms with Gasteiger partial charge in [0.25, 0.3) is 11.5 Å². The highest BCUT2D eigenvalue weighted by molar-refractivity contribution is 5.96. The van der Waals surface area contributed by atoms with Gasteiger partial charge in [-0.1, -0.05) is 6.92 Å². The number of nitrogens with one attached hydrogen (secondary N) is 3. The number of halogens is 2. The fourth-order valence-electron chi connectivity index (χ4n) is 2.97. The van der Waals surface area contributed by atoms with E-state index in [9.17, 15) is 14.4 Å². The molecule has 0 unspecified atom stereocenters.